The molecule has 1 aliphatic carbocycles. The molecule has 6 heterocycles. The van der Waals surface area contributed by atoms with E-state index in [0.717, 1.165) is 82.8 Å². The lowest BCUT2D eigenvalue weighted by Gasteiger charge is -2.40. The van der Waals surface area contributed by atoms with Crippen molar-refractivity contribution < 1.29 is 28.3 Å². The number of pyridine rings is 1. The SMILES string of the molecule is N#Cc1ccc(O[C@H]2CC[C@H](N3Cc4nc(N5CCC(CN6CCN(c7cc8c(cc7F)CN(C7CCC(=O)NC7=O)C8=O)CC6)CC5)ccc4C3=O)CC2)cc1Cl. The lowest BCUT2D eigenvalue weighted by atomic mass is 9.92. The number of ether oxygens (including phenoxy) is 1. The van der Waals surface area contributed by atoms with Gasteiger partial charge in [-0.3, -0.25) is 29.4 Å². The van der Waals surface area contributed by atoms with Crippen LogP contribution in [0.25, 0.3) is 0 Å². The first-order valence-electron chi connectivity index (χ1n) is 20.5. The highest BCUT2D eigenvalue weighted by molar-refractivity contribution is 6.31. The van der Waals surface area contributed by atoms with E-state index in [9.17, 15) is 19.2 Å². The predicted molar refractivity (Wildman–Crippen MR) is 213 cm³/mol. The molecule has 0 radical (unpaired) electrons. The third-order valence-electron chi connectivity index (χ3n) is 13.0. The van der Waals surface area contributed by atoms with Crippen LogP contribution in [0, 0.1) is 23.1 Å². The van der Waals surface area contributed by atoms with Gasteiger partial charge in [0.05, 0.1) is 40.2 Å². The van der Waals surface area contributed by atoms with E-state index in [1.54, 1.807) is 24.3 Å². The van der Waals surface area contributed by atoms with Gasteiger partial charge in [-0.25, -0.2) is 9.37 Å². The van der Waals surface area contributed by atoms with Crippen molar-refractivity contribution in [2.24, 2.45) is 5.92 Å². The van der Waals surface area contributed by atoms with Crippen LogP contribution >= 0.6 is 11.6 Å². The molecule has 3 aromatic rings. The van der Waals surface area contributed by atoms with Crippen LogP contribution in [0.1, 0.15) is 88.9 Å². The second-order valence-corrected chi connectivity index (χ2v) is 16.9. The largest absolute Gasteiger partial charge is 0.490 e. The number of imide groups is 1. The van der Waals surface area contributed by atoms with E-state index in [4.69, 9.17) is 26.6 Å². The van der Waals surface area contributed by atoms with E-state index < -0.39 is 11.9 Å². The van der Waals surface area contributed by atoms with Crippen molar-refractivity contribution in [3.63, 3.8) is 0 Å². The summed E-state index contributed by atoms with van der Waals surface area (Å²) in [4.78, 5) is 66.1. The number of hydrogen-bond donors (Lipinski definition) is 1. The Balaban J connectivity index is 0.732. The van der Waals surface area contributed by atoms with E-state index in [0.29, 0.717) is 64.3 Å². The molecule has 0 spiro atoms. The lowest BCUT2D eigenvalue weighted by molar-refractivity contribution is -0.136. The summed E-state index contributed by atoms with van der Waals surface area (Å²) in [5.74, 6) is 0.700. The van der Waals surface area contributed by atoms with E-state index in [1.165, 1.54) is 11.0 Å². The smallest absolute Gasteiger partial charge is 0.256 e. The molecular formula is C43H46ClFN8O5. The van der Waals surface area contributed by atoms with E-state index >= 15 is 4.39 Å². The maximum Gasteiger partial charge on any atom is 0.256 e. The first kappa shape index (κ1) is 38.3. The van der Waals surface area contributed by atoms with Gasteiger partial charge in [0.15, 0.2) is 0 Å². The number of carbonyl (C=O) groups excluding carboxylic acids is 4. The summed E-state index contributed by atoms with van der Waals surface area (Å²) in [7, 11) is 0. The number of hydrogen-bond acceptors (Lipinski definition) is 10. The van der Waals surface area contributed by atoms with Crippen LogP contribution in [0.3, 0.4) is 0 Å². The van der Waals surface area contributed by atoms with Gasteiger partial charge in [-0.15, -0.1) is 0 Å². The Kier molecular flexibility index (Phi) is 10.4. The van der Waals surface area contributed by atoms with Crippen LogP contribution in [0.5, 0.6) is 5.75 Å². The Morgan fingerprint density at radius 1 is 0.828 bits per heavy atom. The van der Waals surface area contributed by atoms with E-state index in [1.807, 2.05) is 21.9 Å². The van der Waals surface area contributed by atoms with Crippen molar-refractivity contribution in [3.8, 4) is 11.8 Å². The van der Waals surface area contributed by atoms with Gasteiger partial charge in [0.25, 0.3) is 11.8 Å². The lowest BCUT2D eigenvalue weighted by Crippen LogP contribution is -2.52. The number of amides is 4. The first-order chi connectivity index (χ1) is 28.1. The fourth-order valence-electron chi connectivity index (χ4n) is 9.69. The Hall–Kier alpha value is -5.26. The molecule has 6 aliphatic rings. The van der Waals surface area contributed by atoms with E-state index in [-0.39, 0.29) is 55.1 Å². The molecule has 1 atom stereocenters. The van der Waals surface area contributed by atoms with Gasteiger partial charge in [-0.2, -0.15) is 5.26 Å². The summed E-state index contributed by atoms with van der Waals surface area (Å²) in [6.45, 7) is 6.34. The third kappa shape index (κ3) is 7.46. The van der Waals surface area contributed by atoms with Gasteiger partial charge in [0, 0.05) is 76.5 Å². The number of fused-ring (bicyclic) bond motifs is 2. The molecule has 1 aromatic heterocycles. The summed E-state index contributed by atoms with van der Waals surface area (Å²) in [5.41, 5.74) is 3.39. The van der Waals surface area contributed by atoms with Gasteiger partial charge < -0.3 is 24.3 Å². The molecule has 2 aromatic carbocycles. The molecule has 302 valence electrons. The number of nitrogens with one attached hydrogen (secondary N) is 1. The minimum atomic E-state index is -0.728. The summed E-state index contributed by atoms with van der Waals surface area (Å²) in [6.07, 6.45) is 5.91. The molecule has 1 N–H and O–H groups in total. The average Bonchev–Trinajstić information content (AvgIpc) is 3.73. The third-order valence-corrected chi connectivity index (χ3v) is 13.3. The number of piperazine rings is 1. The minimum absolute atomic E-state index is 0.0358. The zero-order valence-corrected chi connectivity index (χ0v) is 33.1. The van der Waals surface area contributed by atoms with E-state index in [2.05, 4.69) is 21.2 Å². The molecule has 1 saturated carbocycles. The molecule has 15 heteroatoms. The summed E-state index contributed by atoms with van der Waals surface area (Å²) in [6, 6.07) is 13.6. The van der Waals surface area contributed by atoms with Crippen molar-refractivity contribution in [1.82, 2.24) is 25.0 Å². The van der Waals surface area contributed by atoms with Crippen LogP contribution in [0.15, 0.2) is 42.5 Å². The molecule has 3 saturated heterocycles. The topological polar surface area (TPSA) is 142 Å². The molecule has 4 fully saturated rings. The predicted octanol–water partition coefficient (Wildman–Crippen LogP) is 4.89. The molecule has 5 aliphatic heterocycles. The van der Waals surface area contributed by atoms with Crippen molar-refractivity contribution in [3.05, 3.63) is 81.3 Å². The van der Waals surface area contributed by atoms with Crippen molar-refractivity contribution in [2.45, 2.75) is 82.6 Å². The Labute approximate surface area is 341 Å². The zero-order valence-electron chi connectivity index (χ0n) is 32.3. The summed E-state index contributed by atoms with van der Waals surface area (Å²) in [5, 5.41) is 11.8. The zero-order chi connectivity index (χ0) is 40.1. The summed E-state index contributed by atoms with van der Waals surface area (Å²) >= 11 is 6.19. The highest BCUT2D eigenvalue weighted by Crippen LogP contribution is 2.36. The van der Waals surface area contributed by atoms with Gasteiger partial charge >= 0.3 is 0 Å². The number of halogens is 2. The quantitative estimate of drug-likeness (QED) is 0.313. The second kappa shape index (κ2) is 15.8. The van der Waals surface area contributed by atoms with Crippen LogP contribution in [0.4, 0.5) is 15.9 Å². The number of benzene rings is 2. The van der Waals surface area contributed by atoms with Crippen molar-refractivity contribution in [1.29, 1.82) is 5.26 Å². The number of rotatable bonds is 8. The number of carbonyl (C=O) groups is 4. The van der Waals surface area contributed by atoms with Crippen LogP contribution in [-0.4, -0.2) is 107 Å². The van der Waals surface area contributed by atoms with Crippen LogP contribution in [0.2, 0.25) is 5.02 Å². The van der Waals surface area contributed by atoms with Crippen molar-refractivity contribution in [2.75, 3.05) is 55.6 Å². The molecule has 58 heavy (non-hydrogen) atoms. The monoisotopic (exact) mass is 808 g/mol. The standard InChI is InChI=1S/C43H46ClFN8O5/c44-34-20-31(4-1-27(34)22-46)58-30-5-2-29(3-6-30)52-25-36-32(42(52)56)7-9-39(47-36)51-13-11-26(12-14-51)23-49-15-17-50(18-16-49)38-21-33-28(19-35(38)45)24-53(43(33)57)37-8-10-40(54)48-41(37)55/h1,4,7,9,19-21,26,29-30,37H,2-3,5-6,8,10-18,23-25H2,(H,48,54,55)/t29-,30-,37?. The fourth-order valence-corrected chi connectivity index (χ4v) is 9.90. The van der Waals surface area contributed by atoms with Gasteiger partial charge in [-0.05, 0) is 92.8 Å². The van der Waals surface area contributed by atoms with Crippen molar-refractivity contribution >= 4 is 46.7 Å². The van der Waals surface area contributed by atoms with Crippen LogP contribution in [-0.2, 0) is 22.7 Å². The Morgan fingerprint density at radius 3 is 2.31 bits per heavy atom. The Bertz CT molecular complexity index is 2190. The second-order valence-electron chi connectivity index (χ2n) is 16.5. The maximum atomic E-state index is 15.4. The van der Waals surface area contributed by atoms with Crippen LogP contribution < -0.4 is 19.9 Å². The number of nitriles is 1. The molecule has 0 bridgehead atoms. The molecule has 4 amide bonds. The number of aromatic nitrogens is 1. The number of anilines is 2. The highest BCUT2D eigenvalue weighted by atomic mass is 35.5. The molecular weight excluding hydrogens is 763 g/mol. The first-order valence-corrected chi connectivity index (χ1v) is 20.9. The van der Waals surface area contributed by atoms with Gasteiger partial charge in [0.2, 0.25) is 11.8 Å². The molecule has 1 unspecified atom stereocenters. The molecule has 13 nitrogen and oxygen atoms in total. The average molecular weight is 809 g/mol. The maximum absolute atomic E-state index is 15.4. The Morgan fingerprint density at radius 2 is 1.59 bits per heavy atom. The molecule has 9 rings (SSSR count). The summed E-state index contributed by atoms with van der Waals surface area (Å²) < 4.78 is 21.6. The number of piperidine rings is 2. The van der Waals surface area contributed by atoms with Gasteiger partial charge in [0.1, 0.15) is 29.5 Å². The number of nitrogens with zero attached hydrogens (tertiary/aromatic N) is 7. The highest BCUT2D eigenvalue weighted by Gasteiger charge is 2.41. The normalized spacial score (nSPS) is 24.2. The minimum Gasteiger partial charge on any atom is -0.490 e. The van der Waals surface area contributed by atoms with Gasteiger partial charge in [-0.1, -0.05) is 11.6 Å². The fraction of sp³-hybridized carbons (Fsp3) is 0.488.